The third-order valence-electron chi connectivity index (χ3n) is 1.63. The summed E-state index contributed by atoms with van der Waals surface area (Å²) in [6.45, 7) is 0.554. The van der Waals surface area contributed by atoms with Crippen molar-refractivity contribution < 1.29 is 9.90 Å². The van der Waals surface area contributed by atoms with Gasteiger partial charge in [0.15, 0.2) is 0 Å². The summed E-state index contributed by atoms with van der Waals surface area (Å²) in [6, 6.07) is 1.47. The molecule has 0 aliphatic carbocycles. The largest absolute Gasteiger partial charge is 0.477 e. The summed E-state index contributed by atoms with van der Waals surface area (Å²) in [4.78, 5) is 10.6. The van der Waals surface area contributed by atoms with Crippen molar-refractivity contribution in [3.8, 4) is 12.3 Å². The van der Waals surface area contributed by atoms with Crippen LogP contribution in [0, 0.1) is 12.3 Å². The smallest absolute Gasteiger partial charge is 0.354 e. The SMILES string of the molecule is C#CCCCn1nccc1C(=O)O. The van der Waals surface area contributed by atoms with Crippen molar-refractivity contribution in [1.82, 2.24) is 9.78 Å². The standard InChI is InChI=1S/C9H10N2O2/c1-2-3-4-7-11-8(9(12)13)5-6-10-11/h1,5-6H,3-4,7H2,(H,12,13). The predicted octanol–water partition coefficient (Wildman–Crippen LogP) is 0.995. The van der Waals surface area contributed by atoms with E-state index in [9.17, 15) is 4.79 Å². The van der Waals surface area contributed by atoms with E-state index in [0.717, 1.165) is 6.42 Å². The van der Waals surface area contributed by atoms with Crippen LogP contribution in [-0.2, 0) is 6.54 Å². The summed E-state index contributed by atoms with van der Waals surface area (Å²) in [6.07, 6.45) is 7.93. The van der Waals surface area contributed by atoms with Gasteiger partial charge < -0.3 is 5.11 Å². The van der Waals surface area contributed by atoms with Crippen LogP contribution in [0.2, 0.25) is 0 Å². The molecule has 0 atom stereocenters. The summed E-state index contributed by atoms with van der Waals surface area (Å²) in [5.74, 6) is 1.53. The molecular weight excluding hydrogens is 168 g/mol. The summed E-state index contributed by atoms with van der Waals surface area (Å²) < 4.78 is 1.44. The van der Waals surface area contributed by atoms with Crippen molar-refractivity contribution in [2.45, 2.75) is 19.4 Å². The second-order valence-electron chi connectivity index (χ2n) is 2.55. The molecule has 0 fully saturated rings. The van der Waals surface area contributed by atoms with E-state index < -0.39 is 5.97 Å². The van der Waals surface area contributed by atoms with Crippen LogP contribution < -0.4 is 0 Å². The van der Waals surface area contributed by atoms with Gasteiger partial charge in [0.2, 0.25) is 0 Å². The topological polar surface area (TPSA) is 55.1 Å². The third kappa shape index (κ3) is 2.34. The molecule has 13 heavy (non-hydrogen) atoms. The maximum atomic E-state index is 10.6. The van der Waals surface area contributed by atoms with Crippen molar-refractivity contribution in [2.24, 2.45) is 0 Å². The molecule has 0 radical (unpaired) electrons. The van der Waals surface area contributed by atoms with Gasteiger partial charge in [-0.05, 0) is 12.5 Å². The van der Waals surface area contributed by atoms with Crippen molar-refractivity contribution >= 4 is 5.97 Å². The number of rotatable bonds is 4. The lowest BCUT2D eigenvalue weighted by Crippen LogP contribution is -2.09. The molecule has 1 aromatic rings. The number of aromatic carboxylic acids is 1. The Balaban J connectivity index is 2.61. The summed E-state index contributed by atoms with van der Waals surface area (Å²) in [7, 11) is 0. The third-order valence-corrected chi connectivity index (χ3v) is 1.63. The van der Waals surface area contributed by atoms with Crippen molar-refractivity contribution in [3.63, 3.8) is 0 Å². The zero-order chi connectivity index (χ0) is 9.68. The number of unbranched alkanes of at least 4 members (excludes halogenated alkanes) is 1. The molecule has 68 valence electrons. The second-order valence-corrected chi connectivity index (χ2v) is 2.55. The minimum absolute atomic E-state index is 0.206. The minimum Gasteiger partial charge on any atom is -0.477 e. The lowest BCUT2D eigenvalue weighted by molar-refractivity contribution is 0.0683. The first-order chi connectivity index (χ1) is 6.25. The number of carboxylic acids is 1. The highest BCUT2D eigenvalue weighted by Gasteiger charge is 2.08. The summed E-state index contributed by atoms with van der Waals surface area (Å²) >= 11 is 0. The molecule has 0 spiro atoms. The molecule has 4 heteroatoms. The first-order valence-electron chi connectivity index (χ1n) is 3.94. The molecule has 1 rings (SSSR count). The van der Waals surface area contributed by atoms with E-state index in [0.29, 0.717) is 13.0 Å². The zero-order valence-electron chi connectivity index (χ0n) is 7.10. The molecule has 0 aliphatic heterocycles. The first-order valence-corrected chi connectivity index (χ1v) is 3.94. The molecule has 1 aromatic heterocycles. The van der Waals surface area contributed by atoms with Gasteiger partial charge in [0.05, 0.1) is 0 Å². The molecule has 0 unspecified atom stereocenters. The monoisotopic (exact) mass is 178 g/mol. The molecule has 0 aliphatic rings. The molecule has 0 saturated heterocycles. The number of aromatic nitrogens is 2. The molecule has 0 saturated carbocycles. The highest BCUT2D eigenvalue weighted by Crippen LogP contribution is 2.01. The van der Waals surface area contributed by atoms with Gasteiger partial charge in [-0.1, -0.05) is 0 Å². The quantitative estimate of drug-likeness (QED) is 0.552. The van der Waals surface area contributed by atoms with E-state index in [2.05, 4.69) is 11.0 Å². The van der Waals surface area contributed by atoms with Crippen LogP contribution >= 0.6 is 0 Å². The number of hydrogen-bond donors (Lipinski definition) is 1. The van der Waals surface area contributed by atoms with Gasteiger partial charge in [-0.25, -0.2) is 4.79 Å². The second kappa shape index (κ2) is 4.31. The van der Waals surface area contributed by atoms with Crippen LogP contribution in [0.15, 0.2) is 12.3 Å². The fourth-order valence-electron chi connectivity index (χ4n) is 1.02. The number of terminal acetylenes is 1. The fraction of sp³-hybridized carbons (Fsp3) is 0.333. The molecule has 4 nitrogen and oxygen atoms in total. The van der Waals surface area contributed by atoms with E-state index in [-0.39, 0.29) is 5.69 Å². The summed E-state index contributed by atoms with van der Waals surface area (Å²) in [5, 5.41) is 12.6. The Labute approximate surface area is 76.2 Å². The fourth-order valence-corrected chi connectivity index (χ4v) is 1.02. The Morgan fingerprint density at radius 1 is 1.77 bits per heavy atom. The van der Waals surface area contributed by atoms with Crippen LogP contribution in [0.3, 0.4) is 0 Å². The zero-order valence-corrected chi connectivity index (χ0v) is 7.10. The van der Waals surface area contributed by atoms with Gasteiger partial charge in [0, 0.05) is 19.2 Å². The lowest BCUT2D eigenvalue weighted by atomic mass is 10.3. The Hall–Kier alpha value is -1.76. The predicted molar refractivity (Wildman–Crippen MR) is 47.3 cm³/mol. The summed E-state index contributed by atoms with van der Waals surface area (Å²) in [5.41, 5.74) is 0.206. The molecule has 1 N–H and O–H groups in total. The molecule has 0 bridgehead atoms. The molecular formula is C9H10N2O2. The molecule has 1 heterocycles. The van der Waals surface area contributed by atoms with Crippen LogP contribution in [0.1, 0.15) is 23.3 Å². The number of carboxylic acid groups (broad SMARTS) is 1. The van der Waals surface area contributed by atoms with Crippen molar-refractivity contribution in [1.29, 1.82) is 0 Å². The number of carbonyl (C=O) groups is 1. The Kier molecular flexibility index (Phi) is 3.09. The lowest BCUT2D eigenvalue weighted by Gasteiger charge is -2.01. The van der Waals surface area contributed by atoms with Gasteiger partial charge in [0.1, 0.15) is 5.69 Å². The van der Waals surface area contributed by atoms with Gasteiger partial charge >= 0.3 is 5.97 Å². The van der Waals surface area contributed by atoms with Crippen molar-refractivity contribution in [3.05, 3.63) is 18.0 Å². The Morgan fingerprint density at radius 2 is 2.54 bits per heavy atom. The molecule has 0 aromatic carbocycles. The maximum Gasteiger partial charge on any atom is 0.354 e. The normalized spacial score (nSPS) is 9.46. The van der Waals surface area contributed by atoms with Crippen molar-refractivity contribution in [2.75, 3.05) is 0 Å². The van der Waals surface area contributed by atoms with Gasteiger partial charge in [-0.15, -0.1) is 12.3 Å². The number of aryl methyl sites for hydroxylation is 1. The van der Waals surface area contributed by atoms with Crippen LogP contribution in [0.25, 0.3) is 0 Å². The first kappa shape index (κ1) is 9.33. The highest BCUT2D eigenvalue weighted by atomic mass is 16.4. The number of nitrogens with zero attached hydrogens (tertiary/aromatic N) is 2. The maximum absolute atomic E-state index is 10.6. The van der Waals surface area contributed by atoms with E-state index in [4.69, 9.17) is 11.5 Å². The van der Waals surface area contributed by atoms with Gasteiger partial charge in [-0.2, -0.15) is 5.10 Å². The van der Waals surface area contributed by atoms with Crippen LogP contribution in [0.5, 0.6) is 0 Å². The van der Waals surface area contributed by atoms with E-state index in [1.807, 2.05) is 0 Å². The Bertz CT molecular complexity index is 336. The van der Waals surface area contributed by atoms with E-state index in [1.54, 1.807) is 0 Å². The number of hydrogen-bond acceptors (Lipinski definition) is 2. The van der Waals surface area contributed by atoms with Crippen LogP contribution in [0.4, 0.5) is 0 Å². The van der Waals surface area contributed by atoms with Gasteiger partial charge in [0.25, 0.3) is 0 Å². The van der Waals surface area contributed by atoms with Crippen LogP contribution in [-0.4, -0.2) is 20.9 Å². The van der Waals surface area contributed by atoms with Gasteiger partial charge in [-0.3, -0.25) is 4.68 Å². The average Bonchev–Trinajstić information content (AvgIpc) is 2.53. The highest BCUT2D eigenvalue weighted by molar-refractivity contribution is 5.85. The average molecular weight is 178 g/mol. The Morgan fingerprint density at radius 3 is 3.15 bits per heavy atom. The van der Waals surface area contributed by atoms with E-state index in [1.165, 1.54) is 16.9 Å². The van der Waals surface area contributed by atoms with E-state index >= 15 is 0 Å². The molecule has 0 amide bonds. The minimum atomic E-state index is -0.960.